The fourth-order valence-corrected chi connectivity index (χ4v) is 0.827. The lowest BCUT2D eigenvalue weighted by atomic mass is 10.1. The van der Waals surface area contributed by atoms with Gasteiger partial charge in [-0.25, -0.2) is 0 Å². The zero-order valence-corrected chi connectivity index (χ0v) is 5.33. The summed E-state index contributed by atoms with van der Waals surface area (Å²) >= 11 is 0. The molecule has 0 saturated heterocycles. The summed E-state index contributed by atoms with van der Waals surface area (Å²) in [7, 11) is 4.46. The van der Waals surface area contributed by atoms with Crippen LogP contribution in [0.25, 0.3) is 0 Å². The average molecular weight is 116 g/mol. The SMILES string of the molecule is [B]CCS(=O)CC. The van der Waals surface area contributed by atoms with E-state index in [0.29, 0.717) is 12.1 Å². The monoisotopic (exact) mass is 116 g/mol. The van der Waals surface area contributed by atoms with Gasteiger partial charge in [-0.1, -0.05) is 13.2 Å². The van der Waals surface area contributed by atoms with Crippen molar-refractivity contribution < 1.29 is 4.21 Å². The van der Waals surface area contributed by atoms with Crippen LogP contribution < -0.4 is 0 Å². The van der Waals surface area contributed by atoms with E-state index in [2.05, 4.69) is 0 Å². The molecule has 0 rings (SSSR count). The smallest absolute Gasteiger partial charge is 0.0665 e. The van der Waals surface area contributed by atoms with Crippen LogP contribution in [0.2, 0.25) is 6.32 Å². The molecule has 0 aromatic heterocycles. The molecule has 1 atom stereocenters. The Labute approximate surface area is 48.4 Å². The van der Waals surface area contributed by atoms with Crippen molar-refractivity contribution in [3.05, 3.63) is 0 Å². The van der Waals surface area contributed by atoms with E-state index in [9.17, 15) is 4.21 Å². The molecule has 0 spiro atoms. The third kappa shape index (κ3) is 4.06. The average Bonchev–Trinajstić information content (AvgIpc) is 1.68. The van der Waals surface area contributed by atoms with Crippen LogP contribution in [0.3, 0.4) is 0 Å². The molecule has 0 saturated carbocycles. The van der Waals surface area contributed by atoms with Gasteiger partial charge in [0, 0.05) is 22.3 Å². The lowest BCUT2D eigenvalue weighted by molar-refractivity contribution is 0.684. The first-order valence-corrected chi connectivity index (χ1v) is 3.85. The Morgan fingerprint density at radius 2 is 2.29 bits per heavy atom. The van der Waals surface area contributed by atoms with Gasteiger partial charge in [0.15, 0.2) is 0 Å². The molecule has 0 amide bonds. The molecule has 0 fully saturated rings. The molecule has 0 aromatic rings. The van der Waals surface area contributed by atoms with Gasteiger partial charge in [-0.15, -0.1) is 0 Å². The fourth-order valence-electron chi connectivity index (χ4n) is 0.276. The van der Waals surface area contributed by atoms with Crippen molar-refractivity contribution in [3.63, 3.8) is 0 Å². The standard InChI is InChI=1S/C4H9BOS/c1-2-7(6)4-3-5/h2-4H2,1H3. The summed E-state index contributed by atoms with van der Waals surface area (Å²) in [6.07, 6.45) is 0.542. The molecule has 0 aliphatic carbocycles. The zero-order chi connectivity index (χ0) is 5.70. The van der Waals surface area contributed by atoms with E-state index >= 15 is 0 Å². The minimum Gasteiger partial charge on any atom is -0.260 e. The molecule has 0 aromatic carbocycles. The molecular weight excluding hydrogens is 107 g/mol. The Morgan fingerprint density at radius 1 is 1.71 bits per heavy atom. The minimum atomic E-state index is -0.652. The molecule has 2 radical (unpaired) electrons. The molecule has 1 nitrogen and oxygen atoms in total. The zero-order valence-electron chi connectivity index (χ0n) is 4.52. The summed E-state index contributed by atoms with van der Waals surface area (Å²) in [5, 5.41) is 0. The van der Waals surface area contributed by atoms with Crippen molar-refractivity contribution in [2.45, 2.75) is 13.2 Å². The Morgan fingerprint density at radius 3 is 2.43 bits per heavy atom. The van der Waals surface area contributed by atoms with Crippen LogP contribution in [-0.4, -0.2) is 23.6 Å². The molecule has 0 aliphatic rings. The second kappa shape index (κ2) is 4.38. The predicted molar refractivity (Wildman–Crippen MR) is 34.1 cm³/mol. The van der Waals surface area contributed by atoms with Gasteiger partial charge in [0.05, 0.1) is 7.85 Å². The van der Waals surface area contributed by atoms with Gasteiger partial charge >= 0.3 is 0 Å². The van der Waals surface area contributed by atoms with Crippen LogP contribution >= 0.6 is 0 Å². The highest BCUT2D eigenvalue weighted by molar-refractivity contribution is 7.85. The van der Waals surface area contributed by atoms with Crippen LogP contribution in [0, 0.1) is 0 Å². The first-order valence-electron chi connectivity index (χ1n) is 2.36. The van der Waals surface area contributed by atoms with Crippen molar-refractivity contribution in [2.24, 2.45) is 0 Å². The highest BCUT2D eigenvalue weighted by atomic mass is 32.2. The van der Waals surface area contributed by atoms with E-state index in [1.165, 1.54) is 0 Å². The van der Waals surface area contributed by atoms with Crippen molar-refractivity contribution in [3.8, 4) is 0 Å². The summed E-state index contributed by atoms with van der Waals surface area (Å²) in [6, 6.07) is 0. The van der Waals surface area contributed by atoms with Crippen molar-refractivity contribution >= 4 is 18.6 Å². The van der Waals surface area contributed by atoms with E-state index < -0.39 is 10.8 Å². The predicted octanol–water partition coefficient (Wildman–Crippen LogP) is 0.342. The molecular formula is C4H9BOS. The topological polar surface area (TPSA) is 17.1 Å². The lowest BCUT2D eigenvalue weighted by Gasteiger charge is -1.89. The maximum atomic E-state index is 10.4. The van der Waals surface area contributed by atoms with Crippen LogP contribution in [0.1, 0.15) is 6.92 Å². The number of hydrogen-bond donors (Lipinski definition) is 0. The molecule has 0 heterocycles. The Hall–Kier alpha value is 0.215. The van der Waals surface area contributed by atoms with Crippen molar-refractivity contribution in [2.75, 3.05) is 11.5 Å². The van der Waals surface area contributed by atoms with E-state index in [-0.39, 0.29) is 0 Å². The maximum absolute atomic E-state index is 10.4. The van der Waals surface area contributed by atoms with Gasteiger partial charge in [-0.2, -0.15) is 0 Å². The molecule has 0 aliphatic heterocycles. The first kappa shape index (κ1) is 7.21. The van der Waals surface area contributed by atoms with Crippen LogP contribution in [0.15, 0.2) is 0 Å². The summed E-state index contributed by atoms with van der Waals surface area (Å²) < 4.78 is 10.4. The van der Waals surface area contributed by atoms with Gasteiger partial charge in [0.1, 0.15) is 0 Å². The summed E-state index contributed by atoms with van der Waals surface area (Å²) in [5.74, 6) is 1.38. The van der Waals surface area contributed by atoms with E-state index in [1.807, 2.05) is 6.92 Å². The molecule has 0 bridgehead atoms. The van der Waals surface area contributed by atoms with Crippen LogP contribution in [-0.2, 0) is 10.8 Å². The van der Waals surface area contributed by atoms with Crippen LogP contribution in [0.4, 0.5) is 0 Å². The van der Waals surface area contributed by atoms with E-state index in [4.69, 9.17) is 7.85 Å². The lowest BCUT2D eigenvalue weighted by Crippen LogP contribution is -1.97. The molecule has 0 N–H and O–H groups in total. The van der Waals surface area contributed by atoms with E-state index in [1.54, 1.807) is 0 Å². The van der Waals surface area contributed by atoms with Gasteiger partial charge in [0.2, 0.25) is 0 Å². The van der Waals surface area contributed by atoms with Gasteiger partial charge in [-0.3, -0.25) is 4.21 Å². The molecule has 1 unspecified atom stereocenters. The third-order valence-electron chi connectivity index (χ3n) is 0.667. The van der Waals surface area contributed by atoms with Gasteiger partial charge < -0.3 is 0 Å². The third-order valence-corrected chi connectivity index (χ3v) is 2.00. The summed E-state index contributed by atoms with van der Waals surface area (Å²) in [6.45, 7) is 1.89. The molecule has 7 heavy (non-hydrogen) atoms. The Kier molecular flexibility index (Phi) is 4.51. The summed E-state index contributed by atoms with van der Waals surface area (Å²) in [4.78, 5) is 0. The highest BCUT2D eigenvalue weighted by Crippen LogP contribution is 1.82. The number of rotatable bonds is 3. The van der Waals surface area contributed by atoms with E-state index in [0.717, 1.165) is 5.75 Å². The minimum absolute atomic E-state index is 0.542. The van der Waals surface area contributed by atoms with Gasteiger partial charge in [-0.05, 0) is 0 Å². The van der Waals surface area contributed by atoms with Crippen molar-refractivity contribution in [1.82, 2.24) is 0 Å². The second-order valence-corrected chi connectivity index (χ2v) is 3.09. The normalized spacial score (nSPS) is 13.9. The Balaban J connectivity index is 3.00. The fraction of sp³-hybridized carbons (Fsp3) is 1.00. The Bertz CT molecular complexity index is 64.7. The first-order chi connectivity index (χ1) is 3.31. The number of hydrogen-bond acceptors (Lipinski definition) is 1. The second-order valence-electron chi connectivity index (χ2n) is 1.22. The quantitative estimate of drug-likeness (QED) is 0.486. The largest absolute Gasteiger partial charge is 0.260 e. The molecule has 40 valence electrons. The highest BCUT2D eigenvalue weighted by Gasteiger charge is 1.88. The van der Waals surface area contributed by atoms with Gasteiger partial charge in [0.25, 0.3) is 0 Å². The van der Waals surface area contributed by atoms with Crippen LogP contribution in [0.5, 0.6) is 0 Å². The van der Waals surface area contributed by atoms with Crippen molar-refractivity contribution in [1.29, 1.82) is 0 Å². The summed E-state index contributed by atoms with van der Waals surface area (Å²) in [5.41, 5.74) is 0. The maximum Gasteiger partial charge on any atom is 0.0665 e. The molecule has 3 heteroatoms.